The SMILES string of the molecule is Cc1ccc([S@](=O)N[C@@H](C#Cc2ccccc2)c2ccccc2)cc1. The first kappa shape index (κ1) is 17.2. The van der Waals surface area contributed by atoms with Crippen molar-refractivity contribution in [1.29, 1.82) is 0 Å². The molecule has 0 aromatic heterocycles. The van der Waals surface area contributed by atoms with Crippen molar-refractivity contribution in [2.45, 2.75) is 17.9 Å². The third kappa shape index (κ3) is 4.90. The molecule has 0 unspecified atom stereocenters. The zero-order chi connectivity index (χ0) is 17.5. The van der Waals surface area contributed by atoms with Crippen LogP contribution >= 0.6 is 0 Å². The van der Waals surface area contributed by atoms with E-state index in [1.807, 2.05) is 91.9 Å². The Labute approximate surface area is 151 Å². The highest BCUT2D eigenvalue weighted by atomic mass is 32.2. The minimum absolute atomic E-state index is 0.316. The van der Waals surface area contributed by atoms with Crippen molar-refractivity contribution in [2.24, 2.45) is 0 Å². The molecule has 25 heavy (non-hydrogen) atoms. The smallest absolute Gasteiger partial charge is 0.126 e. The second-order valence-electron chi connectivity index (χ2n) is 5.68. The molecule has 1 N–H and O–H groups in total. The molecule has 0 radical (unpaired) electrons. The molecule has 3 aromatic carbocycles. The van der Waals surface area contributed by atoms with Crippen LogP contribution in [0.25, 0.3) is 0 Å². The number of hydrogen-bond donors (Lipinski definition) is 1. The lowest BCUT2D eigenvalue weighted by Crippen LogP contribution is -2.22. The fourth-order valence-electron chi connectivity index (χ4n) is 2.34. The van der Waals surface area contributed by atoms with Gasteiger partial charge in [0.25, 0.3) is 0 Å². The molecular formula is C22H19NOS. The lowest BCUT2D eigenvalue weighted by Gasteiger charge is -2.13. The van der Waals surface area contributed by atoms with Crippen LogP contribution in [-0.4, -0.2) is 4.21 Å². The Bertz CT molecular complexity index is 894. The molecule has 0 bridgehead atoms. The van der Waals surface area contributed by atoms with Gasteiger partial charge in [0.05, 0.1) is 4.90 Å². The topological polar surface area (TPSA) is 29.1 Å². The molecule has 0 aliphatic rings. The fourth-order valence-corrected chi connectivity index (χ4v) is 3.27. The predicted molar refractivity (Wildman–Crippen MR) is 103 cm³/mol. The lowest BCUT2D eigenvalue weighted by atomic mass is 10.1. The van der Waals surface area contributed by atoms with E-state index < -0.39 is 11.0 Å². The summed E-state index contributed by atoms with van der Waals surface area (Å²) in [5.74, 6) is 6.37. The highest BCUT2D eigenvalue weighted by molar-refractivity contribution is 7.83. The van der Waals surface area contributed by atoms with Crippen molar-refractivity contribution in [3.8, 4) is 11.8 Å². The van der Waals surface area contributed by atoms with Crippen LogP contribution in [0.5, 0.6) is 0 Å². The molecule has 3 aromatic rings. The first-order valence-electron chi connectivity index (χ1n) is 8.08. The molecule has 0 aliphatic carbocycles. The quantitative estimate of drug-likeness (QED) is 0.698. The van der Waals surface area contributed by atoms with Gasteiger partial charge in [-0.15, -0.1) is 0 Å². The molecule has 0 heterocycles. The van der Waals surface area contributed by atoms with Gasteiger partial charge in [-0.3, -0.25) is 0 Å². The van der Waals surface area contributed by atoms with Crippen LogP contribution in [0.2, 0.25) is 0 Å². The normalized spacial score (nSPS) is 12.7. The van der Waals surface area contributed by atoms with Crippen molar-refractivity contribution >= 4 is 11.0 Å². The third-order valence-electron chi connectivity index (χ3n) is 3.73. The summed E-state index contributed by atoms with van der Waals surface area (Å²) in [5, 5.41) is 0. The van der Waals surface area contributed by atoms with Gasteiger partial charge in [0.2, 0.25) is 0 Å². The fraction of sp³-hybridized carbons (Fsp3) is 0.0909. The lowest BCUT2D eigenvalue weighted by molar-refractivity contribution is 0.666. The van der Waals surface area contributed by atoms with Gasteiger partial charge < -0.3 is 0 Å². The summed E-state index contributed by atoms with van der Waals surface area (Å²) in [4.78, 5) is 0.744. The van der Waals surface area contributed by atoms with Gasteiger partial charge in [-0.2, -0.15) is 0 Å². The minimum Gasteiger partial charge on any atom is -0.237 e. The largest absolute Gasteiger partial charge is 0.237 e. The Kier molecular flexibility index (Phi) is 5.79. The Balaban J connectivity index is 1.85. The van der Waals surface area contributed by atoms with Gasteiger partial charge in [0.15, 0.2) is 0 Å². The predicted octanol–water partition coefficient (Wildman–Crippen LogP) is 4.40. The molecule has 0 spiro atoms. The van der Waals surface area contributed by atoms with Gasteiger partial charge in [0, 0.05) is 5.56 Å². The first-order valence-corrected chi connectivity index (χ1v) is 9.23. The zero-order valence-electron chi connectivity index (χ0n) is 14.0. The Morgan fingerprint density at radius 1 is 0.840 bits per heavy atom. The van der Waals surface area contributed by atoms with Crippen molar-refractivity contribution in [2.75, 3.05) is 0 Å². The monoisotopic (exact) mass is 345 g/mol. The first-order chi connectivity index (χ1) is 12.2. The summed E-state index contributed by atoms with van der Waals surface area (Å²) >= 11 is 0. The van der Waals surface area contributed by atoms with E-state index in [1.54, 1.807) is 0 Å². The molecule has 0 amide bonds. The van der Waals surface area contributed by atoms with Crippen molar-refractivity contribution in [3.63, 3.8) is 0 Å². The molecule has 3 heteroatoms. The van der Waals surface area contributed by atoms with Crippen LogP contribution in [0, 0.1) is 18.8 Å². The molecular weight excluding hydrogens is 326 g/mol. The summed E-state index contributed by atoms with van der Waals surface area (Å²) in [6.45, 7) is 2.01. The summed E-state index contributed by atoms with van der Waals surface area (Å²) in [6.07, 6.45) is 0. The average molecular weight is 345 g/mol. The zero-order valence-corrected chi connectivity index (χ0v) is 14.8. The van der Waals surface area contributed by atoms with Gasteiger partial charge in [-0.05, 0) is 36.8 Å². The van der Waals surface area contributed by atoms with E-state index in [-0.39, 0.29) is 6.04 Å². The van der Waals surface area contributed by atoms with Crippen LogP contribution in [0.15, 0.2) is 89.8 Å². The molecule has 0 aliphatic heterocycles. The van der Waals surface area contributed by atoms with E-state index in [1.165, 1.54) is 0 Å². The average Bonchev–Trinajstić information content (AvgIpc) is 2.67. The molecule has 2 nitrogen and oxygen atoms in total. The number of benzene rings is 3. The van der Waals surface area contributed by atoms with Gasteiger partial charge in [-0.25, -0.2) is 8.93 Å². The highest BCUT2D eigenvalue weighted by Crippen LogP contribution is 2.15. The van der Waals surface area contributed by atoms with Gasteiger partial charge >= 0.3 is 0 Å². The van der Waals surface area contributed by atoms with Crippen LogP contribution in [0.3, 0.4) is 0 Å². The van der Waals surface area contributed by atoms with Crippen LogP contribution in [-0.2, 0) is 11.0 Å². The molecule has 124 valence electrons. The van der Waals surface area contributed by atoms with E-state index >= 15 is 0 Å². The molecule has 3 rings (SSSR count). The number of hydrogen-bond acceptors (Lipinski definition) is 1. The van der Waals surface area contributed by atoms with E-state index in [0.717, 1.165) is 21.6 Å². The second kappa shape index (κ2) is 8.43. The number of aryl methyl sites for hydroxylation is 1. The number of nitrogens with one attached hydrogen (secondary N) is 1. The molecule has 0 saturated heterocycles. The summed E-state index contributed by atoms with van der Waals surface area (Å²) < 4.78 is 15.8. The van der Waals surface area contributed by atoms with E-state index in [0.29, 0.717) is 0 Å². The third-order valence-corrected chi connectivity index (χ3v) is 4.88. The van der Waals surface area contributed by atoms with Crippen molar-refractivity contribution in [1.82, 2.24) is 4.72 Å². The minimum atomic E-state index is -1.33. The maximum atomic E-state index is 12.7. The second-order valence-corrected chi connectivity index (χ2v) is 6.92. The Hall–Kier alpha value is -2.67. The van der Waals surface area contributed by atoms with E-state index in [9.17, 15) is 4.21 Å². The van der Waals surface area contributed by atoms with Crippen LogP contribution in [0.1, 0.15) is 22.7 Å². The Morgan fingerprint density at radius 3 is 2.08 bits per heavy atom. The molecule has 0 saturated carbocycles. The van der Waals surface area contributed by atoms with E-state index in [4.69, 9.17) is 0 Å². The Morgan fingerprint density at radius 2 is 1.44 bits per heavy atom. The van der Waals surface area contributed by atoms with Crippen molar-refractivity contribution < 1.29 is 4.21 Å². The van der Waals surface area contributed by atoms with Crippen LogP contribution in [0.4, 0.5) is 0 Å². The van der Waals surface area contributed by atoms with Gasteiger partial charge in [0.1, 0.15) is 17.0 Å². The van der Waals surface area contributed by atoms with E-state index in [2.05, 4.69) is 16.6 Å². The summed E-state index contributed by atoms with van der Waals surface area (Å²) in [7, 11) is -1.33. The van der Waals surface area contributed by atoms with Gasteiger partial charge in [-0.1, -0.05) is 78.1 Å². The van der Waals surface area contributed by atoms with Crippen molar-refractivity contribution in [3.05, 3.63) is 102 Å². The molecule has 2 atom stereocenters. The summed E-state index contributed by atoms with van der Waals surface area (Å²) in [5.41, 5.74) is 3.07. The molecule has 0 fully saturated rings. The highest BCUT2D eigenvalue weighted by Gasteiger charge is 2.12. The standard InChI is InChI=1S/C22H19NOS/c1-18-12-15-21(16-13-18)25(24)23-22(20-10-6-3-7-11-20)17-14-19-8-4-2-5-9-19/h2-13,15-16,22-23H,1H3/t22-,25-/m0/s1. The maximum absolute atomic E-state index is 12.7. The number of rotatable bonds is 4. The maximum Gasteiger partial charge on any atom is 0.126 e. The van der Waals surface area contributed by atoms with Crippen LogP contribution < -0.4 is 4.72 Å². The summed E-state index contributed by atoms with van der Waals surface area (Å²) in [6, 6.07) is 27.0.